The third kappa shape index (κ3) is 3.65. The summed E-state index contributed by atoms with van der Waals surface area (Å²) in [4.78, 5) is 38.4. The van der Waals surface area contributed by atoms with Gasteiger partial charge in [0.1, 0.15) is 6.10 Å². The van der Waals surface area contributed by atoms with Gasteiger partial charge in [0, 0.05) is 22.7 Å². The minimum absolute atomic E-state index is 0.143. The molecule has 0 saturated heterocycles. The first kappa shape index (κ1) is 28.8. The van der Waals surface area contributed by atoms with Crippen LogP contribution in [-0.4, -0.2) is 51.6 Å². The van der Waals surface area contributed by atoms with Crippen molar-refractivity contribution in [3.05, 3.63) is 23.8 Å². The highest BCUT2D eigenvalue weighted by Crippen LogP contribution is 2.72. The third-order valence-electron chi connectivity index (χ3n) is 10.6. The lowest BCUT2D eigenvalue weighted by molar-refractivity contribution is -0.232. The Labute approximate surface area is 224 Å². The summed E-state index contributed by atoms with van der Waals surface area (Å²) >= 11 is 0. The Kier molecular flexibility index (Phi) is 6.74. The van der Waals surface area contributed by atoms with Crippen LogP contribution in [-0.2, 0) is 19.1 Å². The fourth-order valence-corrected chi connectivity index (χ4v) is 8.78. The second-order valence-corrected chi connectivity index (χ2v) is 13.7. The average molecular weight is 535 g/mol. The first-order valence-corrected chi connectivity index (χ1v) is 13.8. The molecule has 8 heteroatoms. The lowest BCUT2D eigenvalue weighted by atomic mass is 9.43. The van der Waals surface area contributed by atoms with Crippen molar-refractivity contribution < 1.29 is 38.5 Å². The number of hydrogen-bond acceptors (Lipinski definition) is 6. The van der Waals surface area contributed by atoms with Gasteiger partial charge >= 0.3 is 12.1 Å². The van der Waals surface area contributed by atoms with Gasteiger partial charge in [0.05, 0.1) is 6.10 Å². The fourth-order valence-electron chi connectivity index (χ4n) is 8.78. The highest BCUT2D eigenvalue weighted by molar-refractivity contribution is 6.01. The van der Waals surface area contributed by atoms with Crippen molar-refractivity contribution in [3.63, 3.8) is 0 Å². The van der Waals surface area contributed by atoms with Crippen LogP contribution in [0.3, 0.4) is 0 Å². The summed E-state index contributed by atoms with van der Waals surface area (Å²) in [5.41, 5.74) is -6.27. The van der Waals surface area contributed by atoms with Crippen molar-refractivity contribution in [2.45, 2.75) is 105 Å². The molecular formula is C30H43FO7. The summed E-state index contributed by atoms with van der Waals surface area (Å²) in [5.74, 6) is -3.48. The molecule has 4 aliphatic rings. The van der Waals surface area contributed by atoms with Crippen LogP contribution in [0.1, 0.15) is 81.1 Å². The molecule has 0 bridgehead atoms. The molecule has 0 aromatic rings. The summed E-state index contributed by atoms with van der Waals surface area (Å²) in [5, 5.41) is 22.2. The summed E-state index contributed by atoms with van der Waals surface area (Å²) in [6.07, 6.45) is 2.34. The van der Waals surface area contributed by atoms with E-state index < -0.39 is 64.2 Å². The summed E-state index contributed by atoms with van der Waals surface area (Å²) in [6, 6.07) is 0. The maximum Gasteiger partial charge on any atom is 0.509 e. The Hall–Kier alpha value is -2.22. The second-order valence-electron chi connectivity index (χ2n) is 13.7. The lowest BCUT2D eigenvalue weighted by Crippen LogP contribution is -2.70. The second kappa shape index (κ2) is 8.90. The Bertz CT molecular complexity index is 1090. The van der Waals surface area contributed by atoms with Crippen LogP contribution in [0.2, 0.25) is 0 Å². The largest absolute Gasteiger partial charge is 0.509 e. The summed E-state index contributed by atoms with van der Waals surface area (Å²) < 4.78 is 29.0. The van der Waals surface area contributed by atoms with Gasteiger partial charge in [-0.3, -0.25) is 4.79 Å². The average Bonchev–Trinajstić information content (AvgIpc) is 3.02. The maximum atomic E-state index is 17.5. The van der Waals surface area contributed by atoms with E-state index in [1.165, 1.54) is 12.2 Å². The minimum Gasteiger partial charge on any atom is -0.478 e. The number of rotatable bonds is 4. The van der Waals surface area contributed by atoms with Gasteiger partial charge in [-0.2, -0.15) is 0 Å². The van der Waals surface area contributed by atoms with E-state index in [0.717, 1.165) is 0 Å². The molecule has 2 N–H and O–H groups in total. The fraction of sp³-hybridized carbons (Fsp3) is 0.767. The van der Waals surface area contributed by atoms with Gasteiger partial charge in [0.15, 0.2) is 11.5 Å². The van der Waals surface area contributed by atoms with Crippen molar-refractivity contribution in [1.29, 1.82) is 0 Å². The molecule has 7 nitrogen and oxygen atoms in total. The van der Waals surface area contributed by atoms with Crippen LogP contribution >= 0.6 is 0 Å². The number of carbonyl (C=O) groups excluding carboxylic acids is 2. The Morgan fingerprint density at radius 1 is 1.18 bits per heavy atom. The zero-order valence-corrected chi connectivity index (χ0v) is 23.8. The molecule has 3 fully saturated rings. The number of carboxylic acids is 1. The normalized spacial score (nSPS) is 44.8. The van der Waals surface area contributed by atoms with Crippen molar-refractivity contribution in [1.82, 2.24) is 0 Å². The summed E-state index contributed by atoms with van der Waals surface area (Å²) in [7, 11) is 0. The van der Waals surface area contributed by atoms with E-state index in [0.29, 0.717) is 24.8 Å². The zero-order valence-electron chi connectivity index (χ0n) is 23.8. The van der Waals surface area contributed by atoms with Crippen molar-refractivity contribution in [2.75, 3.05) is 0 Å². The molecule has 0 amide bonds. The first-order valence-electron chi connectivity index (χ1n) is 13.8. The first-order chi connectivity index (χ1) is 17.4. The third-order valence-corrected chi connectivity index (χ3v) is 10.6. The lowest BCUT2D eigenvalue weighted by Gasteiger charge is -2.63. The van der Waals surface area contributed by atoms with Gasteiger partial charge in [-0.05, 0) is 62.0 Å². The number of carboxylic acid groups (broad SMARTS) is 1. The molecule has 4 rings (SSSR count). The molecule has 0 aromatic carbocycles. The number of halogens is 1. The molecule has 3 saturated carbocycles. The molecule has 38 heavy (non-hydrogen) atoms. The van der Waals surface area contributed by atoms with Crippen LogP contribution in [0.15, 0.2) is 23.8 Å². The molecule has 0 aliphatic heterocycles. The number of alkyl halides is 1. The smallest absolute Gasteiger partial charge is 0.478 e. The van der Waals surface area contributed by atoms with Crippen molar-refractivity contribution >= 4 is 17.9 Å². The number of allylic oxidation sites excluding steroid dienone is 4. The van der Waals surface area contributed by atoms with Crippen molar-refractivity contribution in [3.8, 4) is 0 Å². The number of aliphatic hydroxyl groups is 1. The number of carbonyl (C=O) groups is 3. The molecule has 0 radical (unpaired) electrons. The Morgan fingerprint density at radius 3 is 2.37 bits per heavy atom. The van der Waals surface area contributed by atoms with Gasteiger partial charge < -0.3 is 19.7 Å². The number of hydrogen-bond donors (Lipinski definition) is 2. The standard InChI is InChI=1S/C30H43FO7/c1-9-23(26(4,5)6)37-25(36)38-30(24(34)35)17(3)13-20-21-12-16(2)19-14-18(32)10-11-27(19,7)29(21,31)22(33)15-28(20,30)8/h10-11,14,16-17,20-23,33H,9,12-13,15H2,1-8H3,(H,34,35)/t16-,17+,20-,21-,22-,23?,27-,28-,29-,30-/m0/s1. The van der Waals surface area contributed by atoms with E-state index in [9.17, 15) is 24.6 Å². The maximum absolute atomic E-state index is 17.5. The SMILES string of the molecule is CCC(OC(=O)O[C@]1(C(=O)O)[C@H](C)C[C@H]2[C@@H]3C[C@H](C)C4=CC(=O)C=C[C@]4(C)[C@@]3(F)[C@@H](O)C[C@@]21C)C(C)(C)C. The predicted octanol–water partition coefficient (Wildman–Crippen LogP) is 5.65. The molecule has 212 valence electrons. The Morgan fingerprint density at radius 2 is 1.82 bits per heavy atom. The van der Waals surface area contributed by atoms with E-state index in [-0.39, 0.29) is 23.5 Å². The molecule has 0 aromatic heterocycles. The molecule has 10 atom stereocenters. The van der Waals surface area contributed by atoms with Crippen LogP contribution in [0.25, 0.3) is 0 Å². The van der Waals surface area contributed by atoms with Gasteiger partial charge in [0.25, 0.3) is 0 Å². The quantitative estimate of drug-likeness (QED) is 0.449. The Balaban J connectivity index is 1.77. The topological polar surface area (TPSA) is 110 Å². The molecule has 4 aliphatic carbocycles. The van der Waals surface area contributed by atoms with E-state index in [1.54, 1.807) is 26.8 Å². The van der Waals surface area contributed by atoms with Gasteiger partial charge in [-0.1, -0.05) is 60.1 Å². The van der Waals surface area contributed by atoms with Gasteiger partial charge in [-0.15, -0.1) is 0 Å². The van der Waals surface area contributed by atoms with Crippen LogP contribution < -0.4 is 0 Å². The van der Waals surface area contributed by atoms with Crippen LogP contribution in [0, 0.1) is 39.9 Å². The van der Waals surface area contributed by atoms with Crippen LogP contribution in [0.5, 0.6) is 0 Å². The van der Waals surface area contributed by atoms with Gasteiger partial charge in [0.2, 0.25) is 5.60 Å². The van der Waals surface area contributed by atoms with Crippen molar-refractivity contribution in [2.24, 2.45) is 39.9 Å². The van der Waals surface area contributed by atoms with E-state index >= 15 is 4.39 Å². The highest BCUT2D eigenvalue weighted by atomic mass is 19.1. The number of aliphatic hydroxyl groups excluding tert-OH is 1. The molecule has 1 unspecified atom stereocenters. The molecule has 0 heterocycles. The van der Waals surface area contributed by atoms with E-state index in [1.807, 2.05) is 34.6 Å². The number of aliphatic carboxylic acids is 1. The van der Waals surface area contributed by atoms with E-state index in [2.05, 4.69) is 0 Å². The summed E-state index contributed by atoms with van der Waals surface area (Å²) in [6.45, 7) is 14.8. The number of fused-ring (bicyclic) bond motifs is 5. The van der Waals surface area contributed by atoms with E-state index in [4.69, 9.17) is 9.47 Å². The molecule has 0 spiro atoms. The van der Waals surface area contributed by atoms with Crippen LogP contribution in [0.4, 0.5) is 9.18 Å². The monoisotopic (exact) mass is 534 g/mol. The molecular weight excluding hydrogens is 491 g/mol. The highest BCUT2D eigenvalue weighted by Gasteiger charge is 2.78. The minimum atomic E-state index is -2.11. The number of ether oxygens (including phenoxy) is 2. The number of ketones is 1. The van der Waals surface area contributed by atoms with Gasteiger partial charge in [-0.25, -0.2) is 14.0 Å². The predicted molar refractivity (Wildman–Crippen MR) is 139 cm³/mol. The zero-order chi connectivity index (χ0) is 28.6.